The van der Waals surface area contributed by atoms with Gasteiger partial charge >= 0.3 is 0 Å². The molecule has 32 heavy (non-hydrogen) atoms. The summed E-state index contributed by atoms with van der Waals surface area (Å²) in [4.78, 5) is 16.7. The Bertz CT molecular complexity index is 910. The SMILES string of the molecule is CC(C)(O)CC(=O)N[C@H]1CC[C@H](CCN2CCN(c3noc4ccc(F)cc34)CC2)CC1. The Morgan fingerprint density at radius 1 is 1.22 bits per heavy atom. The second-order valence-electron chi connectivity index (χ2n) is 10.0. The molecule has 1 amide bonds. The summed E-state index contributed by atoms with van der Waals surface area (Å²) in [7, 11) is 0. The molecular formula is C24H35FN4O3. The Kier molecular flexibility index (Phi) is 7.00. The first-order chi connectivity index (χ1) is 15.3. The molecule has 4 rings (SSSR count). The zero-order valence-corrected chi connectivity index (χ0v) is 19.1. The summed E-state index contributed by atoms with van der Waals surface area (Å²) in [6.07, 6.45) is 5.66. The average Bonchev–Trinajstić information content (AvgIpc) is 3.15. The van der Waals surface area contributed by atoms with Gasteiger partial charge in [0.05, 0.1) is 17.4 Å². The Balaban J connectivity index is 1.17. The Hall–Kier alpha value is -2.19. The van der Waals surface area contributed by atoms with Gasteiger partial charge in [0, 0.05) is 32.2 Å². The van der Waals surface area contributed by atoms with Crippen LogP contribution in [0.2, 0.25) is 0 Å². The van der Waals surface area contributed by atoms with Crippen LogP contribution in [0.1, 0.15) is 52.4 Å². The number of carbonyl (C=O) groups is 1. The number of nitrogens with zero attached hydrogens (tertiary/aromatic N) is 3. The predicted octanol–water partition coefficient (Wildman–Crippen LogP) is 3.32. The van der Waals surface area contributed by atoms with Gasteiger partial charge in [0.15, 0.2) is 11.4 Å². The monoisotopic (exact) mass is 446 g/mol. The molecule has 0 unspecified atom stereocenters. The molecule has 2 N–H and O–H groups in total. The van der Waals surface area contributed by atoms with Gasteiger partial charge in [-0.05, 0) is 76.6 Å². The van der Waals surface area contributed by atoms with Crippen LogP contribution in [0.3, 0.4) is 0 Å². The van der Waals surface area contributed by atoms with Crippen molar-refractivity contribution in [3.05, 3.63) is 24.0 Å². The minimum Gasteiger partial charge on any atom is -0.390 e. The molecule has 176 valence electrons. The van der Waals surface area contributed by atoms with Gasteiger partial charge in [-0.15, -0.1) is 0 Å². The van der Waals surface area contributed by atoms with Crippen LogP contribution in [0.25, 0.3) is 11.0 Å². The highest BCUT2D eigenvalue weighted by atomic mass is 19.1. The normalized spacial score (nSPS) is 22.9. The summed E-state index contributed by atoms with van der Waals surface area (Å²) in [5.74, 6) is 1.12. The molecule has 2 heterocycles. The van der Waals surface area contributed by atoms with Gasteiger partial charge in [0.1, 0.15) is 5.82 Å². The average molecular weight is 447 g/mol. The smallest absolute Gasteiger partial charge is 0.223 e. The van der Waals surface area contributed by atoms with Gasteiger partial charge in [-0.2, -0.15) is 0 Å². The maximum Gasteiger partial charge on any atom is 0.223 e. The molecule has 1 aliphatic carbocycles. The van der Waals surface area contributed by atoms with E-state index in [0.717, 1.165) is 69.6 Å². The number of piperazine rings is 1. The third-order valence-corrected chi connectivity index (χ3v) is 6.74. The molecule has 1 saturated carbocycles. The highest BCUT2D eigenvalue weighted by Gasteiger charge is 2.26. The minimum atomic E-state index is -0.956. The second kappa shape index (κ2) is 9.75. The summed E-state index contributed by atoms with van der Waals surface area (Å²) in [6.45, 7) is 8.06. The molecule has 8 heteroatoms. The number of amides is 1. The van der Waals surface area contributed by atoms with Gasteiger partial charge in [-0.1, -0.05) is 5.16 Å². The van der Waals surface area contributed by atoms with Crippen LogP contribution in [-0.2, 0) is 4.79 Å². The van der Waals surface area contributed by atoms with Gasteiger partial charge in [-0.25, -0.2) is 4.39 Å². The highest BCUT2D eigenvalue weighted by molar-refractivity contribution is 5.88. The fourth-order valence-corrected chi connectivity index (χ4v) is 4.94. The Morgan fingerprint density at radius 2 is 1.94 bits per heavy atom. The van der Waals surface area contributed by atoms with E-state index in [9.17, 15) is 14.3 Å². The van der Waals surface area contributed by atoms with Crippen LogP contribution in [0.15, 0.2) is 22.7 Å². The maximum absolute atomic E-state index is 13.6. The lowest BCUT2D eigenvalue weighted by molar-refractivity contribution is -0.125. The van der Waals surface area contributed by atoms with Crippen LogP contribution in [0.4, 0.5) is 10.2 Å². The molecule has 0 radical (unpaired) electrons. The van der Waals surface area contributed by atoms with Crippen molar-refractivity contribution in [1.82, 2.24) is 15.4 Å². The first-order valence-electron chi connectivity index (χ1n) is 11.8. The lowest BCUT2D eigenvalue weighted by Crippen LogP contribution is -2.47. The summed E-state index contributed by atoms with van der Waals surface area (Å²) in [5, 5.41) is 17.8. The fraction of sp³-hybridized carbons (Fsp3) is 0.667. The van der Waals surface area contributed by atoms with E-state index < -0.39 is 5.60 Å². The number of halogens is 1. The summed E-state index contributed by atoms with van der Waals surface area (Å²) >= 11 is 0. The van der Waals surface area contributed by atoms with Gasteiger partial charge in [-0.3, -0.25) is 9.69 Å². The molecule has 0 bridgehead atoms. The molecule has 1 aromatic heterocycles. The number of fused-ring (bicyclic) bond motifs is 1. The topological polar surface area (TPSA) is 81.8 Å². The standard InChI is InChI=1S/C24H35FN4O3/c1-24(2,31)16-22(30)26-19-6-3-17(4-7-19)9-10-28-11-13-29(14-12-28)23-20-15-18(25)5-8-21(20)32-27-23/h5,8,15,17,19,31H,3-4,6-7,9-14,16H2,1-2H3,(H,26,30)/t17-,19-. The Labute approximate surface area is 188 Å². The molecule has 0 atom stereocenters. The number of hydrogen-bond acceptors (Lipinski definition) is 6. The molecular weight excluding hydrogens is 411 g/mol. The molecule has 1 aliphatic heterocycles. The molecule has 2 aliphatic rings. The van der Waals surface area contributed by atoms with Crippen LogP contribution >= 0.6 is 0 Å². The lowest BCUT2D eigenvalue weighted by Gasteiger charge is -2.36. The van der Waals surface area contributed by atoms with E-state index in [1.807, 2.05) is 0 Å². The largest absolute Gasteiger partial charge is 0.390 e. The number of aromatic nitrogens is 1. The first kappa shape index (κ1) is 23.0. The third kappa shape index (κ3) is 5.98. The highest BCUT2D eigenvalue weighted by Crippen LogP contribution is 2.29. The predicted molar refractivity (Wildman–Crippen MR) is 122 cm³/mol. The van der Waals surface area contributed by atoms with Crippen molar-refractivity contribution < 1.29 is 18.8 Å². The minimum absolute atomic E-state index is 0.0542. The summed E-state index contributed by atoms with van der Waals surface area (Å²) in [5.41, 5.74) is -0.335. The van der Waals surface area contributed by atoms with Crippen LogP contribution in [-0.4, -0.2) is 65.4 Å². The quantitative estimate of drug-likeness (QED) is 0.679. The van der Waals surface area contributed by atoms with Crippen molar-refractivity contribution in [2.75, 3.05) is 37.6 Å². The van der Waals surface area contributed by atoms with Crippen molar-refractivity contribution in [2.45, 2.75) is 64.0 Å². The number of hydrogen-bond donors (Lipinski definition) is 2. The molecule has 0 spiro atoms. The van der Waals surface area contributed by atoms with E-state index in [4.69, 9.17) is 4.52 Å². The third-order valence-electron chi connectivity index (χ3n) is 6.74. The van der Waals surface area contributed by atoms with Gasteiger partial charge < -0.3 is 19.8 Å². The van der Waals surface area contributed by atoms with Gasteiger partial charge in [0.25, 0.3) is 0 Å². The van der Waals surface area contributed by atoms with Crippen molar-refractivity contribution in [2.24, 2.45) is 5.92 Å². The van der Waals surface area contributed by atoms with E-state index in [-0.39, 0.29) is 24.2 Å². The van der Waals surface area contributed by atoms with Crippen LogP contribution in [0, 0.1) is 11.7 Å². The molecule has 2 fully saturated rings. The lowest BCUT2D eigenvalue weighted by atomic mass is 9.84. The first-order valence-corrected chi connectivity index (χ1v) is 11.8. The number of aliphatic hydroxyl groups is 1. The van der Waals surface area contributed by atoms with Crippen molar-refractivity contribution in [1.29, 1.82) is 0 Å². The number of anilines is 1. The number of rotatable bonds is 7. The molecule has 2 aromatic rings. The molecule has 1 saturated heterocycles. The van der Waals surface area contributed by atoms with Crippen molar-refractivity contribution in [3.63, 3.8) is 0 Å². The van der Waals surface area contributed by atoms with Crippen LogP contribution < -0.4 is 10.2 Å². The van der Waals surface area contributed by atoms with E-state index in [2.05, 4.69) is 20.3 Å². The summed E-state index contributed by atoms with van der Waals surface area (Å²) in [6, 6.07) is 4.76. The number of nitrogens with one attached hydrogen (secondary N) is 1. The van der Waals surface area contributed by atoms with Crippen molar-refractivity contribution in [3.8, 4) is 0 Å². The van der Waals surface area contributed by atoms with Gasteiger partial charge in [0.2, 0.25) is 5.91 Å². The molecule has 1 aromatic carbocycles. The zero-order chi connectivity index (χ0) is 22.7. The Morgan fingerprint density at radius 3 is 2.62 bits per heavy atom. The second-order valence-corrected chi connectivity index (χ2v) is 10.0. The maximum atomic E-state index is 13.6. The number of carbonyl (C=O) groups excluding carboxylic acids is 1. The van der Waals surface area contributed by atoms with Crippen LogP contribution in [0.5, 0.6) is 0 Å². The summed E-state index contributed by atoms with van der Waals surface area (Å²) < 4.78 is 19.0. The van der Waals surface area contributed by atoms with E-state index >= 15 is 0 Å². The zero-order valence-electron chi connectivity index (χ0n) is 19.1. The number of benzene rings is 1. The fourth-order valence-electron chi connectivity index (χ4n) is 4.94. The van der Waals surface area contributed by atoms with E-state index in [1.165, 1.54) is 18.6 Å². The molecule has 7 nitrogen and oxygen atoms in total. The van der Waals surface area contributed by atoms with Crippen molar-refractivity contribution >= 4 is 22.7 Å². The van der Waals surface area contributed by atoms with E-state index in [1.54, 1.807) is 19.9 Å². The van der Waals surface area contributed by atoms with E-state index in [0.29, 0.717) is 11.5 Å².